The molecule has 0 amide bonds. The summed E-state index contributed by atoms with van der Waals surface area (Å²) in [6, 6.07) is 4.63. The zero-order chi connectivity index (χ0) is 12.0. The first-order valence-corrected chi connectivity index (χ1v) is 5.95. The average molecular weight is 285 g/mol. The Bertz CT molecular complexity index is 399. The van der Waals surface area contributed by atoms with Crippen LogP contribution in [0.1, 0.15) is 17.3 Å². The summed E-state index contributed by atoms with van der Waals surface area (Å²) in [7, 11) is 0. The summed E-state index contributed by atoms with van der Waals surface area (Å²) in [5.41, 5.74) is 0.280. The largest absolute Gasteiger partial charge is 0.507 e. The van der Waals surface area contributed by atoms with Gasteiger partial charge >= 0.3 is 0 Å². The number of aromatic hydroxyl groups is 1. The fourth-order valence-electron chi connectivity index (χ4n) is 1.16. The topological polar surface area (TPSA) is 46.5 Å². The number of ether oxygens (including phenoxy) is 1. The summed E-state index contributed by atoms with van der Waals surface area (Å²) in [5, 5.41) is 10.2. The first kappa shape index (κ1) is 12.8. The molecule has 1 aromatic carbocycles. The number of rotatable bonds is 5. The van der Waals surface area contributed by atoms with Gasteiger partial charge in [0.15, 0.2) is 5.78 Å². The minimum absolute atomic E-state index is 0.0177. The molecule has 0 aliphatic rings. The second-order valence-corrected chi connectivity index (χ2v) is 3.82. The van der Waals surface area contributed by atoms with Gasteiger partial charge in [-0.05, 0) is 25.1 Å². The maximum atomic E-state index is 11.2. The Morgan fingerprint density at radius 1 is 1.50 bits per heavy atom. The molecule has 1 aromatic rings. The van der Waals surface area contributed by atoms with Crippen molar-refractivity contribution in [2.24, 2.45) is 0 Å². The molecular formula is C12H13BrO3. The number of alkyl halides is 1. The Morgan fingerprint density at radius 3 is 2.88 bits per heavy atom. The van der Waals surface area contributed by atoms with Gasteiger partial charge in [0.1, 0.15) is 18.1 Å². The molecule has 86 valence electrons. The van der Waals surface area contributed by atoms with Crippen LogP contribution < -0.4 is 4.74 Å². The Balaban J connectivity index is 2.71. The molecule has 0 bridgehead atoms. The second kappa shape index (κ2) is 6.33. The van der Waals surface area contributed by atoms with Crippen molar-refractivity contribution in [1.29, 1.82) is 0 Å². The van der Waals surface area contributed by atoms with Gasteiger partial charge < -0.3 is 9.84 Å². The number of phenolic OH excluding ortho intramolecular Hbond substituents is 1. The van der Waals surface area contributed by atoms with Gasteiger partial charge in [-0.2, -0.15) is 0 Å². The lowest BCUT2D eigenvalue weighted by Gasteiger charge is -2.06. The van der Waals surface area contributed by atoms with Gasteiger partial charge in [-0.25, -0.2) is 0 Å². The van der Waals surface area contributed by atoms with E-state index in [0.29, 0.717) is 12.4 Å². The van der Waals surface area contributed by atoms with Crippen LogP contribution in [0, 0.1) is 0 Å². The molecular weight excluding hydrogens is 272 g/mol. The summed E-state index contributed by atoms with van der Waals surface area (Å²) in [4.78, 5) is 11.2. The molecule has 3 nitrogen and oxygen atoms in total. The number of phenols is 1. The Labute approximate surface area is 103 Å². The summed E-state index contributed by atoms with van der Waals surface area (Å²) in [6.07, 6.45) is 3.79. The number of hydrogen-bond donors (Lipinski definition) is 1. The molecule has 0 atom stereocenters. The fraction of sp³-hybridized carbons (Fsp3) is 0.250. The summed E-state index contributed by atoms with van der Waals surface area (Å²) in [6.45, 7) is 1.84. The zero-order valence-electron chi connectivity index (χ0n) is 8.94. The number of ketones is 1. The Hall–Kier alpha value is -1.29. The molecule has 0 spiro atoms. The standard InChI is InChI=1S/C12H13BrO3/c1-9(14)11-8-10(4-5-12(11)15)16-7-3-2-6-13/h2-5,8,15H,6-7H2,1H3. The first-order chi connectivity index (χ1) is 7.65. The van der Waals surface area contributed by atoms with Gasteiger partial charge in [0, 0.05) is 5.33 Å². The van der Waals surface area contributed by atoms with E-state index >= 15 is 0 Å². The van der Waals surface area contributed by atoms with Gasteiger partial charge in [-0.1, -0.05) is 28.1 Å². The van der Waals surface area contributed by atoms with Crippen molar-refractivity contribution in [3.63, 3.8) is 0 Å². The van der Waals surface area contributed by atoms with Crippen molar-refractivity contribution >= 4 is 21.7 Å². The number of carbonyl (C=O) groups is 1. The maximum absolute atomic E-state index is 11.2. The van der Waals surface area contributed by atoms with E-state index in [0.717, 1.165) is 5.33 Å². The molecule has 1 N–H and O–H groups in total. The summed E-state index contributed by atoms with van der Waals surface area (Å²) in [5.74, 6) is 0.372. The van der Waals surface area contributed by atoms with Crippen LogP contribution in [0.25, 0.3) is 0 Å². The van der Waals surface area contributed by atoms with E-state index < -0.39 is 0 Å². The molecule has 0 heterocycles. The number of carbonyl (C=O) groups excluding carboxylic acids is 1. The number of benzene rings is 1. The third-order valence-corrected chi connectivity index (χ3v) is 2.32. The third kappa shape index (κ3) is 3.70. The molecule has 0 saturated heterocycles. The van der Waals surface area contributed by atoms with E-state index in [9.17, 15) is 9.90 Å². The van der Waals surface area contributed by atoms with Crippen LogP contribution in [-0.4, -0.2) is 22.8 Å². The van der Waals surface area contributed by atoms with Crippen molar-refractivity contribution < 1.29 is 14.6 Å². The van der Waals surface area contributed by atoms with E-state index in [-0.39, 0.29) is 17.1 Å². The lowest BCUT2D eigenvalue weighted by Crippen LogP contribution is -1.97. The van der Waals surface area contributed by atoms with Crippen LogP contribution >= 0.6 is 15.9 Å². The molecule has 0 fully saturated rings. The van der Waals surface area contributed by atoms with E-state index in [2.05, 4.69) is 15.9 Å². The lowest BCUT2D eigenvalue weighted by atomic mass is 10.1. The van der Waals surface area contributed by atoms with E-state index in [1.54, 1.807) is 12.1 Å². The van der Waals surface area contributed by atoms with Crippen LogP contribution in [0.5, 0.6) is 11.5 Å². The zero-order valence-corrected chi connectivity index (χ0v) is 10.5. The molecule has 1 rings (SSSR count). The highest BCUT2D eigenvalue weighted by atomic mass is 79.9. The molecule has 0 unspecified atom stereocenters. The third-order valence-electron chi connectivity index (χ3n) is 1.95. The SMILES string of the molecule is CC(=O)c1cc(OCC=CCBr)ccc1O. The van der Waals surface area contributed by atoms with Crippen molar-refractivity contribution in [3.8, 4) is 11.5 Å². The number of halogens is 1. The van der Waals surface area contributed by atoms with E-state index in [1.807, 2.05) is 12.2 Å². The van der Waals surface area contributed by atoms with Crippen LogP contribution in [0.4, 0.5) is 0 Å². The van der Waals surface area contributed by atoms with Crippen molar-refractivity contribution in [3.05, 3.63) is 35.9 Å². The van der Waals surface area contributed by atoms with Gasteiger partial charge in [0.2, 0.25) is 0 Å². The van der Waals surface area contributed by atoms with Crippen molar-refractivity contribution in [2.75, 3.05) is 11.9 Å². The molecule has 16 heavy (non-hydrogen) atoms. The highest BCUT2D eigenvalue weighted by Crippen LogP contribution is 2.23. The monoisotopic (exact) mass is 284 g/mol. The number of hydrogen-bond acceptors (Lipinski definition) is 3. The van der Waals surface area contributed by atoms with Crippen LogP contribution in [-0.2, 0) is 0 Å². The van der Waals surface area contributed by atoms with Crippen molar-refractivity contribution in [2.45, 2.75) is 6.92 Å². The van der Waals surface area contributed by atoms with Crippen LogP contribution in [0.3, 0.4) is 0 Å². The summed E-state index contributed by atoms with van der Waals surface area (Å²) < 4.78 is 5.38. The normalized spacial score (nSPS) is 10.6. The number of Topliss-reactive ketones (excluding diaryl/α,β-unsaturated/α-hetero) is 1. The van der Waals surface area contributed by atoms with Crippen molar-refractivity contribution in [1.82, 2.24) is 0 Å². The first-order valence-electron chi connectivity index (χ1n) is 4.83. The van der Waals surface area contributed by atoms with Gasteiger partial charge in [-0.15, -0.1) is 0 Å². The Morgan fingerprint density at radius 2 is 2.25 bits per heavy atom. The molecule has 0 aromatic heterocycles. The van der Waals surface area contributed by atoms with Gasteiger partial charge in [-0.3, -0.25) is 4.79 Å². The predicted octanol–water partition coefficient (Wildman–Crippen LogP) is 2.92. The molecule has 0 saturated carbocycles. The second-order valence-electron chi connectivity index (χ2n) is 3.17. The average Bonchev–Trinajstić information content (AvgIpc) is 2.26. The highest BCUT2D eigenvalue weighted by Gasteiger charge is 2.07. The minimum atomic E-state index is -0.182. The Kier molecular flexibility index (Phi) is 5.05. The van der Waals surface area contributed by atoms with Gasteiger partial charge in [0.25, 0.3) is 0 Å². The van der Waals surface area contributed by atoms with Crippen LogP contribution in [0.15, 0.2) is 30.4 Å². The molecule has 0 aliphatic heterocycles. The predicted molar refractivity (Wildman–Crippen MR) is 66.5 cm³/mol. The molecule has 0 radical (unpaired) electrons. The highest BCUT2D eigenvalue weighted by molar-refractivity contribution is 9.09. The molecule has 0 aliphatic carbocycles. The lowest BCUT2D eigenvalue weighted by molar-refractivity contribution is 0.101. The number of allylic oxidation sites excluding steroid dienone is 1. The molecule has 4 heteroatoms. The fourth-order valence-corrected chi connectivity index (χ4v) is 1.43. The van der Waals surface area contributed by atoms with Crippen LogP contribution in [0.2, 0.25) is 0 Å². The van der Waals surface area contributed by atoms with E-state index in [4.69, 9.17) is 4.74 Å². The summed E-state index contributed by atoms with van der Waals surface area (Å²) >= 11 is 3.26. The smallest absolute Gasteiger partial charge is 0.163 e. The minimum Gasteiger partial charge on any atom is -0.507 e. The quantitative estimate of drug-likeness (QED) is 0.514. The van der Waals surface area contributed by atoms with E-state index in [1.165, 1.54) is 13.0 Å². The van der Waals surface area contributed by atoms with Gasteiger partial charge in [0.05, 0.1) is 5.56 Å². The maximum Gasteiger partial charge on any atom is 0.163 e.